The first-order valence-electron chi connectivity index (χ1n) is 5.52. The number of aliphatic hydroxyl groups is 1. The Morgan fingerprint density at radius 2 is 2.16 bits per heavy atom. The average molecular weight is 316 g/mol. The lowest BCUT2D eigenvalue weighted by molar-refractivity contribution is 0.0918. The van der Waals surface area contributed by atoms with Crippen molar-refractivity contribution >= 4 is 40.4 Å². The van der Waals surface area contributed by atoms with E-state index in [0.717, 1.165) is 4.88 Å². The summed E-state index contributed by atoms with van der Waals surface area (Å²) in [5.74, 6) is -0.358. The van der Waals surface area contributed by atoms with Crippen molar-refractivity contribution in [3.63, 3.8) is 0 Å². The normalized spacial score (nSPS) is 12.2. The molecular formula is C13H11Cl2NO2S. The van der Waals surface area contributed by atoms with Crippen molar-refractivity contribution in [1.29, 1.82) is 0 Å². The van der Waals surface area contributed by atoms with Gasteiger partial charge in [0.05, 0.1) is 10.6 Å². The molecule has 1 aromatic carbocycles. The summed E-state index contributed by atoms with van der Waals surface area (Å²) in [4.78, 5) is 12.7. The molecule has 1 unspecified atom stereocenters. The highest BCUT2D eigenvalue weighted by Gasteiger charge is 2.14. The lowest BCUT2D eigenvalue weighted by atomic mass is 10.2. The van der Waals surface area contributed by atoms with Crippen molar-refractivity contribution < 1.29 is 9.90 Å². The molecule has 0 saturated carbocycles. The Bertz CT molecular complexity index is 572. The molecule has 3 nitrogen and oxygen atoms in total. The Balaban J connectivity index is 2.00. The average Bonchev–Trinajstić information content (AvgIpc) is 2.92. The fourth-order valence-corrected chi connectivity index (χ4v) is 2.62. The number of carbonyl (C=O) groups excluding carboxylic acids is 1. The van der Waals surface area contributed by atoms with E-state index in [2.05, 4.69) is 5.32 Å². The van der Waals surface area contributed by atoms with Crippen LogP contribution in [0, 0.1) is 0 Å². The Morgan fingerprint density at radius 3 is 2.84 bits per heavy atom. The van der Waals surface area contributed by atoms with Gasteiger partial charge in [-0.25, -0.2) is 0 Å². The van der Waals surface area contributed by atoms with Crippen molar-refractivity contribution in [1.82, 2.24) is 5.32 Å². The third-order valence-electron chi connectivity index (χ3n) is 2.50. The summed E-state index contributed by atoms with van der Waals surface area (Å²) >= 11 is 13.2. The van der Waals surface area contributed by atoms with E-state index in [1.54, 1.807) is 12.1 Å². The number of hydrogen-bond acceptors (Lipinski definition) is 3. The minimum Gasteiger partial charge on any atom is -0.386 e. The van der Waals surface area contributed by atoms with Crippen LogP contribution in [-0.4, -0.2) is 17.6 Å². The molecule has 2 aromatic rings. The lowest BCUT2D eigenvalue weighted by Crippen LogP contribution is -2.28. The van der Waals surface area contributed by atoms with Gasteiger partial charge in [0, 0.05) is 16.4 Å². The van der Waals surface area contributed by atoms with Crippen LogP contribution in [0.1, 0.15) is 21.3 Å². The second kappa shape index (κ2) is 6.39. The molecule has 1 aromatic heterocycles. The number of rotatable bonds is 4. The minimum atomic E-state index is -0.720. The SMILES string of the molecule is O=C(NCC(O)c1cccs1)c1cc(Cl)ccc1Cl. The van der Waals surface area contributed by atoms with Gasteiger partial charge in [-0.15, -0.1) is 11.3 Å². The van der Waals surface area contributed by atoms with E-state index in [-0.39, 0.29) is 12.5 Å². The summed E-state index contributed by atoms with van der Waals surface area (Å²) in [6.07, 6.45) is -0.720. The maximum atomic E-state index is 11.9. The minimum absolute atomic E-state index is 0.127. The van der Waals surface area contributed by atoms with Crippen molar-refractivity contribution in [2.75, 3.05) is 6.54 Å². The molecule has 1 amide bonds. The Hall–Kier alpha value is -1.07. The summed E-state index contributed by atoms with van der Waals surface area (Å²) in [6, 6.07) is 8.33. The number of amides is 1. The fraction of sp³-hybridized carbons (Fsp3) is 0.154. The molecule has 2 N–H and O–H groups in total. The Morgan fingerprint density at radius 1 is 1.37 bits per heavy atom. The van der Waals surface area contributed by atoms with Gasteiger partial charge in [-0.2, -0.15) is 0 Å². The van der Waals surface area contributed by atoms with Crippen LogP contribution >= 0.6 is 34.5 Å². The van der Waals surface area contributed by atoms with Crippen LogP contribution in [0.3, 0.4) is 0 Å². The zero-order valence-corrected chi connectivity index (χ0v) is 12.1. The number of halogens is 2. The molecule has 0 aliphatic rings. The molecule has 1 atom stereocenters. The molecule has 0 fully saturated rings. The third-order valence-corrected chi connectivity index (χ3v) is 4.04. The quantitative estimate of drug-likeness (QED) is 0.907. The second-order valence-electron chi connectivity index (χ2n) is 3.87. The Labute approximate surface area is 124 Å². The maximum absolute atomic E-state index is 11.9. The predicted molar refractivity (Wildman–Crippen MR) is 78.1 cm³/mol. The molecule has 0 spiro atoms. The van der Waals surface area contributed by atoms with Crippen molar-refractivity contribution in [3.05, 3.63) is 56.2 Å². The first-order valence-corrected chi connectivity index (χ1v) is 7.16. The second-order valence-corrected chi connectivity index (χ2v) is 5.69. The number of carbonyl (C=O) groups is 1. The van der Waals surface area contributed by atoms with Gasteiger partial charge in [0.15, 0.2) is 0 Å². The summed E-state index contributed by atoms with van der Waals surface area (Å²) in [6.45, 7) is 0.127. The molecule has 2 rings (SSSR count). The van der Waals surface area contributed by atoms with E-state index >= 15 is 0 Å². The largest absolute Gasteiger partial charge is 0.386 e. The van der Waals surface area contributed by atoms with Gasteiger partial charge in [0.1, 0.15) is 6.10 Å². The van der Waals surface area contributed by atoms with E-state index < -0.39 is 6.10 Å². The van der Waals surface area contributed by atoms with Gasteiger partial charge in [-0.1, -0.05) is 29.3 Å². The van der Waals surface area contributed by atoms with Crippen LogP contribution in [-0.2, 0) is 0 Å². The van der Waals surface area contributed by atoms with Crippen LogP contribution in [0.25, 0.3) is 0 Å². The van der Waals surface area contributed by atoms with Gasteiger partial charge in [0.2, 0.25) is 0 Å². The smallest absolute Gasteiger partial charge is 0.252 e. The standard InChI is InChI=1S/C13H11Cl2NO2S/c14-8-3-4-10(15)9(6-8)13(18)16-7-11(17)12-2-1-5-19-12/h1-6,11,17H,7H2,(H,16,18). The highest BCUT2D eigenvalue weighted by atomic mass is 35.5. The zero-order chi connectivity index (χ0) is 13.8. The molecule has 6 heteroatoms. The molecule has 0 aliphatic heterocycles. The number of nitrogens with one attached hydrogen (secondary N) is 1. The summed E-state index contributed by atoms with van der Waals surface area (Å²) in [5, 5.41) is 15.1. The van der Waals surface area contributed by atoms with Gasteiger partial charge in [0.25, 0.3) is 5.91 Å². The third kappa shape index (κ3) is 3.70. The van der Waals surface area contributed by atoms with Crippen LogP contribution in [0.2, 0.25) is 10.0 Å². The summed E-state index contributed by atoms with van der Waals surface area (Å²) in [7, 11) is 0. The van der Waals surface area contributed by atoms with E-state index in [4.69, 9.17) is 23.2 Å². The maximum Gasteiger partial charge on any atom is 0.252 e. The fourth-order valence-electron chi connectivity index (χ4n) is 1.54. The van der Waals surface area contributed by atoms with Gasteiger partial charge in [-0.05, 0) is 29.6 Å². The molecule has 100 valence electrons. The molecule has 19 heavy (non-hydrogen) atoms. The molecule has 0 bridgehead atoms. The highest BCUT2D eigenvalue weighted by molar-refractivity contribution is 7.10. The van der Waals surface area contributed by atoms with Crippen LogP contribution in [0.4, 0.5) is 0 Å². The Kier molecular flexibility index (Phi) is 4.82. The first-order chi connectivity index (χ1) is 9.08. The molecular weight excluding hydrogens is 305 g/mol. The first kappa shape index (κ1) is 14.3. The van der Waals surface area contributed by atoms with Crippen LogP contribution in [0.5, 0.6) is 0 Å². The van der Waals surface area contributed by atoms with Crippen molar-refractivity contribution in [2.45, 2.75) is 6.10 Å². The molecule has 0 saturated heterocycles. The predicted octanol–water partition coefficient (Wildman–Crippen LogP) is 3.52. The van der Waals surface area contributed by atoms with Crippen molar-refractivity contribution in [2.24, 2.45) is 0 Å². The van der Waals surface area contributed by atoms with Crippen molar-refractivity contribution in [3.8, 4) is 0 Å². The van der Waals surface area contributed by atoms with Crippen LogP contribution < -0.4 is 5.32 Å². The summed E-state index contributed by atoms with van der Waals surface area (Å²) in [5.41, 5.74) is 0.299. The molecule has 0 aliphatic carbocycles. The number of thiophene rings is 1. The number of aliphatic hydroxyl groups excluding tert-OH is 1. The zero-order valence-electron chi connectivity index (χ0n) is 9.77. The number of benzene rings is 1. The molecule has 1 heterocycles. The van der Waals surface area contributed by atoms with E-state index in [1.807, 2.05) is 17.5 Å². The number of hydrogen-bond donors (Lipinski definition) is 2. The van der Waals surface area contributed by atoms with Gasteiger partial charge < -0.3 is 10.4 Å². The monoisotopic (exact) mass is 315 g/mol. The van der Waals surface area contributed by atoms with E-state index in [1.165, 1.54) is 17.4 Å². The van der Waals surface area contributed by atoms with E-state index in [9.17, 15) is 9.90 Å². The van der Waals surface area contributed by atoms with E-state index in [0.29, 0.717) is 15.6 Å². The highest BCUT2D eigenvalue weighted by Crippen LogP contribution is 2.21. The van der Waals surface area contributed by atoms with Crippen LogP contribution in [0.15, 0.2) is 35.7 Å². The topological polar surface area (TPSA) is 49.3 Å². The molecule has 0 radical (unpaired) electrons. The summed E-state index contributed by atoms with van der Waals surface area (Å²) < 4.78 is 0. The van der Waals surface area contributed by atoms with Gasteiger partial charge in [-0.3, -0.25) is 4.79 Å². The van der Waals surface area contributed by atoms with Gasteiger partial charge >= 0.3 is 0 Å². The lowest BCUT2D eigenvalue weighted by Gasteiger charge is -2.11.